The van der Waals surface area contributed by atoms with Crippen molar-refractivity contribution in [2.24, 2.45) is 0 Å². The zero-order valence-corrected chi connectivity index (χ0v) is 20.1. The summed E-state index contributed by atoms with van der Waals surface area (Å²) in [5, 5.41) is 11.7. The number of rotatable bonds is 8. The van der Waals surface area contributed by atoms with Gasteiger partial charge >= 0.3 is 0 Å². The molecule has 6 nitrogen and oxygen atoms in total. The summed E-state index contributed by atoms with van der Waals surface area (Å²) in [6, 6.07) is 12.1. The fourth-order valence-corrected chi connectivity index (χ4v) is 3.95. The van der Waals surface area contributed by atoms with E-state index >= 15 is 0 Å². The van der Waals surface area contributed by atoms with Gasteiger partial charge in [-0.2, -0.15) is 0 Å². The molecule has 0 aliphatic carbocycles. The molecule has 0 saturated heterocycles. The van der Waals surface area contributed by atoms with Crippen LogP contribution in [0.5, 0.6) is 5.75 Å². The van der Waals surface area contributed by atoms with E-state index < -0.39 is 5.82 Å². The summed E-state index contributed by atoms with van der Waals surface area (Å²) in [5.74, 6) is 0.785. The molecule has 3 rings (SSSR count). The number of ether oxygens (including phenoxy) is 1. The number of carbonyl (C=O) groups is 1. The highest BCUT2D eigenvalue weighted by Crippen LogP contribution is 2.25. The second kappa shape index (κ2) is 10.4. The lowest BCUT2D eigenvalue weighted by molar-refractivity contribution is -0.113. The van der Waals surface area contributed by atoms with Gasteiger partial charge in [0.1, 0.15) is 18.2 Å². The van der Waals surface area contributed by atoms with Crippen LogP contribution >= 0.6 is 23.4 Å². The number of hydrogen-bond acceptors (Lipinski definition) is 5. The molecule has 0 unspecified atom stereocenters. The largest absolute Gasteiger partial charge is 0.486 e. The fraction of sp³-hybridized carbons (Fsp3) is 0.348. The zero-order chi connectivity index (χ0) is 23.3. The maximum Gasteiger partial charge on any atom is 0.234 e. The molecule has 0 atom stereocenters. The first-order valence-electron chi connectivity index (χ1n) is 10.2. The third kappa shape index (κ3) is 6.23. The normalized spacial score (nSPS) is 11.4. The number of aromatic nitrogens is 3. The van der Waals surface area contributed by atoms with Crippen LogP contribution in [0.3, 0.4) is 0 Å². The van der Waals surface area contributed by atoms with Crippen LogP contribution in [-0.2, 0) is 23.4 Å². The van der Waals surface area contributed by atoms with Crippen molar-refractivity contribution in [3.05, 3.63) is 64.7 Å². The van der Waals surface area contributed by atoms with E-state index in [0.29, 0.717) is 23.2 Å². The summed E-state index contributed by atoms with van der Waals surface area (Å²) < 4.78 is 21.0. The molecule has 1 heterocycles. The van der Waals surface area contributed by atoms with E-state index in [4.69, 9.17) is 16.3 Å². The SMILES string of the molecule is CCn1c(COc2ccc(C(C)(C)C)cc2)nnc1SCC(=O)Nc1ccc(F)c(Cl)c1. The summed E-state index contributed by atoms with van der Waals surface area (Å²) in [5.41, 5.74) is 1.76. The Balaban J connectivity index is 1.57. The van der Waals surface area contributed by atoms with Crippen LogP contribution in [-0.4, -0.2) is 26.4 Å². The Morgan fingerprint density at radius 1 is 1.19 bits per heavy atom. The van der Waals surface area contributed by atoms with Gasteiger partial charge in [0, 0.05) is 12.2 Å². The average molecular weight is 477 g/mol. The molecule has 0 bridgehead atoms. The van der Waals surface area contributed by atoms with Gasteiger partial charge in [-0.05, 0) is 48.2 Å². The van der Waals surface area contributed by atoms with Gasteiger partial charge in [0.05, 0.1) is 10.8 Å². The van der Waals surface area contributed by atoms with Gasteiger partial charge in [0.2, 0.25) is 5.91 Å². The van der Waals surface area contributed by atoms with Gasteiger partial charge in [-0.15, -0.1) is 10.2 Å². The van der Waals surface area contributed by atoms with E-state index in [9.17, 15) is 9.18 Å². The maximum absolute atomic E-state index is 13.3. The molecular weight excluding hydrogens is 451 g/mol. The van der Waals surface area contributed by atoms with Crippen molar-refractivity contribution >= 4 is 35.0 Å². The highest BCUT2D eigenvalue weighted by atomic mass is 35.5. The molecule has 0 aliphatic heterocycles. The minimum Gasteiger partial charge on any atom is -0.486 e. The molecule has 0 saturated carbocycles. The molecule has 0 aliphatic rings. The quantitative estimate of drug-likeness (QED) is 0.422. The van der Waals surface area contributed by atoms with Crippen molar-refractivity contribution < 1.29 is 13.9 Å². The van der Waals surface area contributed by atoms with E-state index in [2.05, 4.69) is 48.4 Å². The smallest absolute Gasteiger partial charge is 0.234 e. The molecule has 1 amide bonds. The predicted molar refractivity (Wildman–Crippen MR) is 126 cm³/mol. The number of anilines is 1. The molecule has 9 heteroatoms. The monoisotopic (exact) mass is 476 g/mol. The number of nitrogens with one attached hydrogen (secondary N) is 1. The summed E-state index contributed by atoms with van der Waals surface area (Å²) >= 11 is 7.02. The molecule has 0 radical (unpaired) electrons. The van der Waals surface area contributed by atoms with Crippen LogP contribution in [0.15, 0.2) is 47.6 Å². The standard InChI is InChI=1S/C23H26ClFN4O2S/c1-5-29-20(13-31-17-9-6-15(7-10-17)23(2,3)4)27-28-22(29)32-14-21(30)26-16-8-11-19(25)18(24)12-16/h6-12H,5,13-14H2,1-4H3,(H,26,30). The number of halogens is 2. The summed E-state index contributed by atoms with van der Waals surface area (Å²) in [6.07, 6.45) is 0. The number of benzene rings is 2. The van der Waals surface area contributed by atoms with Gasteiger partial charge in [0.25, 0.3) is 0 Å². The molecule has 1 aromatic heterocycles. The van der Waals surface area contributed by atoms with Gasteiger partial charge < -0.3 is 14.6 Å². The molecule has 170 valence electrons. The van der Waals surface area contributed by atoms with E-state index in [-0.39, 0.29) is 28.7 Å². The summed E-state index contributed by atoms with van der Waals surface area (Å²) in [7, 11) is 0. The van der Waals surface area contributed by atoms with Crippen LogP contribution in [0.25, 0.3) is 0 Å². The van der Waals surface area contributed by atoms with E-state index in [1.165, 1.54) is 35.5 Å². The molecule has 1 N–H and O–H groups in total. The Morgan fingerprint density at radius 2 is 1.91 bits per heavy atom. The highest BCUT2D eigenvalue weighted by molar-refractivity contribution is 7.99. The third-order valence-electron chi connectivity index (χ3n) is 4.73. The van der Waals surface area contributed by atoms with Crippen LogP contribution in [0.1, 0.15) is 39.1 Å². The number of carbonyl (C=O) groups excluding carboxylic acids is 1. The number of hydrogen-bond donors (Lipinski definition) is 1. The number of thioether (sulfide) groups is 1. The van der Waals surface area contributed by atoms with Gasteiger partial charge in [0.15, 0.2) is 11.0 Å². The summed E-state index contributed by atoms with van der Waals surface area (Å²) in [6.45, 7) is 9.40. The summed E-state index contributed by atoms with van der Waals surface area (Å²) in [4.78, 5) is 12.2. The van der Waals surface area contributed by atoms with Crippen LogP contribution in [0.2, 0.25) is 5.02 Å². The van der Waals surface area contributed by atoms with Gasteiger partial charge in [-0.3, -0.25) is 4.79 Å². The molecule has 2 aromatic carbocycles. The Labute approximate surface area is 196 Å². The van der Waals surface area contributed by atoms with E-state index in [1.807, 2.05) is 23.6 Å². The molecule has 0 fully saturated rings. The van der Waals surface area contributed by atoms with Crippen molar-refractivity contribution in [1.29, 1.82) is 0 Å². The molecular formula is C23H26ClFN4O2S. The highest BCUT2D eigenvalue weighted by Gasteiger charge is 2.15. The van der Waals surface area contributed by atoms with E-state index in [1.54, 1.807) is 0 Å². The number of nitrogens with zero attached hydrogens (tertiary/aromatic N) is 3. The van der Waals surface area contributed by atoms with E-state index in [0.717, 1.165) is 5.75 Å². The Bertz CT molecular complexity index is 1080. The molecule has 3 aromatic rings. The van der Waals surface area contributed by atoms with Gasteiger partial charge in [-0.1, -0.05) is 56.3 Å². The molecule has 32 heavy (non-hydrogen) atoms. The Hall–Kier alpha value is -2.58. The Kier molecular flexibility index (Phi) is 7.79. The Morgan fingerprint density at radius 3 is 2.53 bits per heavy atom. The minimum atomic E-state index is -0.532. The second-order valence-corrected chi connectivity index (χ2v) is 9.52. The average Bonchev–Trinajstić information content (AvgIpc) is 3.15. The zero-order valence-electron chi connectivity index (χ0n) is 18.5. The minimum absolute atomic E-state index is 0.0427. The first-order valence-corrected chi connectivity index (χ1v) is 11.6. The lowest BCUT2D eigenvalue weighted by atomic mass is 9.87. The van der Waals surface area contributed by atoms with Crippen molar-refractivity contribution in [2.45, 2.75) is 51.4 Å². The first-order chi connectivity index (χ1) is 15.2. The van der Waals surface area contributed by atoms with Gasteiger partial charge in [-0.25, -0.2) is 4.39 Å². The van der Waals surface area contributed by atoms with Crippen LogP contribution in [0.4, 0.5) is 10.1 Å². The van der Waals surface area contributed by atoms with Crippen molar-refractivity contribution in [3.8, 4) is 5.75 Å². The van der Waals surface area contributed by atoms with Crippen LogP contribution < -0.4 is 10.1 Å². The predicted octanol–water partition coefficient (Wildman–Crippen LogP) is 5.70. The fourth-order valence-electron chi connectivity index (χ4n) is 2.95. The van der Waals surface area contributed by atoms with Crippen molar-refractivity contribution in [1.82, 2.24) is 14.8 Å². The topological polar surface area (TPSA) is 69.0 Å². The van der Waals surface area contributed by atoms with Crippen LogP contribution in [0, 0.1) is 5.82 Å². The molecule has 0 spiro atoms. The lowest BCUT2D eigenvalue weighted by Crippen LogP contribution is -2.15. The van der Waals surface area contributed by atoms with Crippen molar-refractivity contribution in [2.75, 3.05) is 11.1 Å². The maximum atomic E-state index is 13.3. The second-order valence-electron chi connectivity index (χ2n) is 8.17. The first kappa shape index (κ1) is 24.1. The number of amides is 1. The lowest BCUT2D eigenvalue weighted by Gasteiger charge is -2.19. The third-order valence-corrected chi connectivity index (χ3v) is 5.99. The van der Waals surface area contributed by atoms with Crippen molar-refractivity contribution in [3.63, 3.8) is 0 Å².